The quantitative estimate of drug-likeness (QED) is 0.510. The monoisotopic (exact) mass is 455 g/mol. The highest BCUT2D eigenvalue weighted by atomic mass is 35.5. The van der Waals surface area contributed by atoms with Crippen LogP contribution < -0.4 is 9.50 Å². The lowest BCUT2D eigenvalue weighted by molar-refractivity contribution is -0.0500. The highest BCUT2D eigenvalue weighted by molar-refractivity contribution is 7.88. The van der Waals surface area contributed by atoms with Gasteiger partial charge in [-0.05, 0) is 43.2 Å². The first-order valence-electron chi connectivity index (χ1n) is 7.75. The Morgan fingerprint density at radius 3 is 2.14 bits per heavy atom. The van der Waals surface area contributed by atoms with E-state index in [0.717, 1.165) is 12.1 Å². The van der Waals surface area contributed by atoms with E-state index >= 15 is 0 Å². The number of hydrogen-bond acceptors (Lipinski definition) is 4. The van der Waals surface area contributed by atoms with Crippen LogP contribution >= 0.6 is 23.2 Å². The lowest BCUT2D eigenvalue weighted by Gasteiger charge is -2.16. The molecule has 1 unspecified atom stereocenters. The Bertz CT molecular complexity index is 943. The molecule has 0 saturated carbocycles. The van der Waals surface area contributed by atoms with Crippen LogP contribution in [0.4, 0.5) is 13.2 Å². The third-order valence-electron chi connectivity index (χ3n) is 3.52. The summed E-state index contributed by atoms with van der Waals surface area (Å²) in [7, 11) is -5.72. The second-order valence-corrected chi connectivity index (χ2v) is 8.15. The molecule has 0 aliphatic carbocycles. The van der Waals surface area contributed by atoms with E-state index in [-0.39, 0.29) is 21.7 Å². The zero-order valence-corrected chi connectivity index (χ0v) is 16.6. The van der Waals surface area contributed by atoms with Gasteiger partial charge in [-0.3, -0.25) is 4.79 Å². The molecule has 0 fully saturated rings. The standard InChI is InChI=1S/C17H14Cl2F3NO4S/c1-10(23-16(24)15-13(18)3-2-4-14(15)19)9-11-5-7-12(8-6-11)27-28(25,26)17(20,21)22/h2-8,10H,9H2,1H3,(H,23,24). The number of carbonyl (C=O) groups is 1. The van der Waals surface area contributed by atoms with Crippen molar-refractivity contribution in [3.05, 3.63) is 63.6 Å². The maximum atomic E-state index is 12.3. The Hall–Kier alpha value is -1.97. The number of alkyl halides is 3. The van der Waals surface area contributed by atoms with Gasteiger partial charge in [-0.1, -0.05) is 41.4 Å². The number of halogens is 5. The lowest BCUT2D eigenvalue weighted by Crippen LogP contribution is -2.34. The Morgan fingerprint density at radius 1 is 1.11 bits per heavy atom. The van der Waals surface area contributed by atoms with Crippen molar-refractivity contribution in [2.75, 3.05) is 0 Å². The Morgan fingerprint density at radius 2 is 1.64 bits per heavy atom. The van der Waals surface area contributed by atoms with Crippen LogP contribution in [-0.2, 0) is 16.5 Å². The van der Waals surface area contributed by atoms with Crippen molar-refractivity contribution >= 4 is 39.2 Å². The first kappa shape index (κ1) is 22.3. The van der Waals surface area contributed by atoms with Gasteiger partial charge in [0.25, 0.3) is 5.91 Å². The van der Waals surface area contributed by atoms with Crippen LogP contribution in [0.2, 0.25) is 10.0 Å². The first-order valence-corrected chi connectivity index (χ1v) is 9.91. The molecule has 0 spiro atoms. The summed E-state index contributed by atoms with van der Waals surface area (Å²) in [6, 6.07) is 9.27. The summed E-state index contributed by atoms with van der Waals surface area (Å²) in [6.45, 7) is 1.71. The SMILES string of the molecule is CC(Cc1ccc(OS(=O)(=O)C(F)(F)F)cc1)NC(=O)c1c(Cl)cccc1Cl. The van der Waals surface area contributed by atoms with E-state index < -0.39 is 27.3 Å². The van der Waals surface area contributed by atoms with Gasteiger partial charge >= 0.3 is 15.6 Å². The second kappa shape index (κ2) is 8.59. The van der Waals surface area contributed by atoms with Gasteiger partial charge in [-0.15, -0.1) is 0 Å². The van der Waals surface area contributed by atoms with Crippen LogP contribution in [0.15, 0.2) is 42.5 Å². The van der Waals surface area contributed by atoms with Gasteiger partial charge in [0.05, 0.1) is 15.6 Å². The number of nitrogens with one attached hydrogen (secondary N) is 1. The predicted octanol–water partition coefficient (Wildman–Crippen LogP) is 4.58. The molecule has 1 atom stereocenters. The van der Waals surface area contributed by atoms with Crippen molar-refractivity contribution < 1.29 is 30.6 Å². The number of benzene rings is 2. The van der Waals surface area contributed by atoms with E-state index in [9.17, 15) is 26.4 Å². The highest BCUT2D eigenvalue weighted by Crippen LogP contribution is 2.27. The van der Waals surface area contributed by atoms with Crippen molar-refractivity contribution in [2.45, 2.75) is 24.9 Å². The van der Waals surface area contributed by atoms with Crippen molar-refractivity contribution in [3.63, 3.8) is 0 Å². The van der Waals surface area contributed by atoms with Crippen molar-refractivity contribution in [3.8, 4) is 5.75 Å². The molecule has 1 amide bonds. The molecular weight excluding hydrogens is 442 g/mol. The molecule has 28 heavy (non-hydrogen) atoms. The van der Waals surface area contributed by atoms with Crippen LogP contribution in [0.25, 0.3) is 0 Å². The van der Waals surface area contributed by atoms with E-state index in [0.29, 0.717) is 12.0 Å². The van der Waals surface area contributed by atoms with Crippen LogP contribution in [0, 0.1) is 0 Å². The number of carbonyl (C=O) groups excluding carboxylic acids is 1. The number of amides is 1. The zero-order valence-electron chi connectivity index (χ0n) is 14.3. The van der Waals surface area contributed by atoms with Gasteiger partial charge in [0.15, 0.2) is 0 Å². The summed E-state index contributed by atoms with van der Waals surface area (Å²) in [4.78, 5) is 12.3. The summed E-state index contributed by atoms with van der Waals surface area (Å²) in [5.41, 5.74) is -4.74. The van der Waals surface area contributed by atoms with E-state index in [4.69, 9.17) is 23.2 Å². The molecule has 2 aromatic rings. The molecule has 2 aromatic carbocycles. The van der Waals surface area contributed by atoms with Gasteiger partial charge in [-0.2, -0.15) is 21.6 Å². The summed E-state index contributed by atoms with van der Waals surface area (Å²) in [5, 5.41) is 3.11. The molecular formula is C17H14Cl2F3NO4S. The van der Waals surface area contributed by atoms with E-state index in [1.54, 1.807) is 13.0 Å². The van der Waals surface area contributed by atoms with Gasteiger partial charge in [0.2, 0.25) is 0 Å². The third kappa shape index (κ3) is 5.52. The molecule has 0 radical (unpaired) electrons. The number of rotatable bonds is 6. The van der Waals surface area contributed by atoms with Gasteiger partial charge < -0.3 is 9.50 Å². The summed E-state index contributed by atoms with van der Waals surface area (Å²) in [5.74, 6) is -0.945. The van der Waals surface area contributed by atoms with Gasteiger partial charge in [0.1, 0.15) is 5.75 Å². The van der Waals surface area contributed by atoms with Gasteiger partial charge in [0, 0.05) is 6.04 Å². The lowest BCUT2D eigenvalue weighted by atomic mass is 10.1. The Labute approximate surface area is 169 Å². The minimum absolute atomic E-state index is 0.138. The Kier molecular flexibility index (Phi) is 6.84. The van der Waals surface area contributed by atoms with Crippen molar-refractivity contribution in [2.24, 2.45) is 0 Å². The van der Waals surface area contributed by atoms with Gasteiger partial charge in [-0.25, -0.2) is 0 Å². The largest absolute Gasteiger partial charge is 0.534 e. The normalized spacial score (nSPS) is 13.1. The zero-order chi connectivity index (χ0) is 21.1. The molecule has 5 nitrogen and oxygen atoms in total. The second-order valence-electron chi connectivity index (χ2n) is 5.80. The molecule has 0 aliphatic rings. The smallest absolute Gasteiger partial charge is 0.376 e. The van der Waals surface area contributed by atoms with E-state index in [1.165, 1.54) is 24.3 Å². The average Bonchev–Trinajstić information content (AvgIpc) is 2.55. The van der Waals surface area contributed by atoms with E-state index in [1.807, 2.05) is 0 Å². The van der Waals surface area contributed by atoms with Crippen LogP contribution in [0.3, 0.4) is 0 Å². The van der Waals surface area contributed by atoms with Crippen LogP contribution in [-0.4, -0.2) is 25.9 Å². The van der Waals surface area contributed by atoms with Crippen LogP contribution in [0.5, 0.6) is 5.75 Å². The molecule has 152 valence electrons. The minimum atomic E-state index is -5.72. The molecule has 11 heteroatoms. The molecule has 2 rings (SSSR count). The molecule has 0 aromatic heterocycles. The Balaban J connectivity index is 2.01. The fourth-order valence-corrected chi connectivity index (χ4v) is 3.30. The molecule has 0 aliphatic heterocycles. The van der Waals surface area contributed by atoms with Crippen LogP contribution in [0.1, 0.15) is 22.8 Å². The summed E-state index contributed by atoms with van der Waals surface area (Å²) < 4.78 is 62.9. The van der Waals surface area contributed by atoms with Crippen molar-refractivity contribution in [1.82, 2.24) is 5.32 Å². The minimum Gasteiger partial charge on any atom is -0.376 e. The fraction of sp³-hybridized carbons (Fsp3) is 0.235. The topological polar surface area (TPSA) is 72.5 Å². The average molecular weight is 456 g/mol. The maximum Gasteiger partial charge on any atom is 0.534 e. The summed E-state index contributed by atoms with van der Waals surface area (Å²) in [6.07, 6.45) is 0.320. The van der Waals surface area contributed by atoms with E-state index in [2.05, 4.69) is 9.50 Å². The summed E-state index contributed by atoms with van der Waals surface area (Å²) >= 11 is 12.0. The predicted molar refractivity (Wildman–Crippen MR) is 99.1 cm³/mol. The molecule has 1 N–H and O–H groups in total. The molecule has 0 bridgehead atoms. The first-order chi connectivity index (χ1) is 12.9. The fourth-order valence-electron chi connectivity index (χ4n) is 2.27. The highest BCUT2D eigenvalue weighted by Gasteiger charge is 2.48. The third-order valence-corrected chi connectivity index (χ3v) is 5.13. The van der Waals surface area contributed by atoms with Crippen molar-refractivity contribution in [1.29, 1.82) is 0 Å². The molecule has 0 saturated heterocycles. The maximum absolute atomic E-state index is 12.3. The number of hydrogen-bond donors (Lipinski definition) is 1. The molecule has 0 heterocycles.